The Morgan fingerprint density at radius 2 is 1.76 bits per heavy atom. The van der Waals surface area contributed by atoms with Crippen molar-refractivity contribution in [2.45, 2.75) is 13.8 Å². The number of aryl methyl sites for hydroxylation is 1. The van der Waals surface area contributed by atoms with Crippen molar-refractivity contribution < 1.29 is 14.0 Å². The van der Waals surface area contributed by atoms with Gasteiger partial charge in [-0.25, -0.2) is 0 Å². The molecule has 2 aromatic carbocycles. The number of rotatable bonds is 1. The Bertz CT molecular complexity index is 864. The molecule has 0 fully saturated rings. The number of hydrazine groups is 1. The molecule has 0 spiro atoms. The van der Waals surface area contributed by atoms with Crippen molar-refractivity contribution in [1.29, 1.82) is 0 Å². The maximum Gasteiger partial charge on any atom is 0.305 e. The van der Waals surface area contributed by atoms with Crippen LogP contribution in [0.3, 0.4) is 0 Å². The van der Waals surface area contributed by atoms with Crippen LogP contribution in [-0.4, -0.2) is 11.8 Å². The van der Waals surface area contributed by atoms with Gasteiger partial charge in [-0.15, -0.1) is 0 Å². The number of benzene rings is 2. The SMILES string of the molecule is CC(=O)NNC(=O)c1oc2c(ccc3ccccc32)c1C. The minimum Gasteiger partial charge on any atom is -0.450 e. The fraction of sp³-hybridized carbons (Fsp3) is 0.125. The summed E-state index contributed by atoms with van der Waals surface area (Å²) in [4.78, 5) is 22.9. The molecular formula is C16H14N2O3. The Labute approximate surface area is 120 Å². The van der Waals surface area contributed by atoms with Crippen LogP contribution in [0.4, 0.5) is 0 Å². The van der Waals surface area contributed by atoms with E-state index in [0.717, 1.165) is 21.7 Å². The number of nitrogens with one attached hydrogen (secondary N) is 2. The van der Waals surface area contributed by atoms with E-state index in [1.807, 2.05) is 43.3 Å². The molecule has 2 N–H and O–H groups in total. The summed E-state index contributed by atoms with van der Waals surface area (Å²) in [6.45, 7) is 3.14. The summed E-state index contributed by atoms with van der Waals surface area (Å²) < 4.78 is 5.74. The summed E-state index contributed by atoms with van der Waals surface area (Å²) in [6.07, 6.45) is 0. The maximum atomic E-state index is 12.1. The summed E-state index contributed by atoms with van der Waals surface area (Å²) in [6, 6.07) is 11.8. The number of amides is 2. The molecule has 5 nitrogen and oxygen atoms in total. The van der Waals surface area contributed by atoms with Crippen LogP contribution in [0.15, 0.2) is 40.8 Å². The maximum absolute atomic E-state index is 12.1. The van der Waals surface area contributed by atoms with E-state index < -0.39 is 5.91 Å². The van der Waals surface area contributed by atoms with Gasteiger partial charge in [-0.3, -0.25) is 20.4 Å². The molecule has 0 aliphatic carbocycles. The lowest BCUT2D eigenvalue weighted by Crippen LogP contribution is -2.40. The Kier molecular flexibility index (Phi) is 3.10. The van der Waals surface area contributed by atoms with Crippen molar-refractivity contribution >= 4 is 33.6 Å². The molecule has 0 aliphatic heterocycles. The molecule has 3 aromatic rings. The number of hydrogen-bond acceptors (Lipinski definition) is 3. The van der Waals surface area contributed by atoms with Crippen LogP contribution in [0.25, 0.3) is 21.7 Å². The lowest BCUT2D eigenvalue weighted by Gasteiger charge is -2.02. The third-order valence-electron chi connectivity index (χ3n) is 3.39. The largest absolute Gasteiger partial charge is 0.450 e. The van der Waals surface area contributed by atoms with Crippen LogP contribution in [0.5, 0.6) is 0 Å². The van der Waals surface area contributed by atoms with E-state index in [4.69, 9.17) is 4.42 Å². The second kappa shape index (κ2) is 4.94. The average molecular weight is 282 g/mol. The van der Waals surface area contributed by atoms with Gasteiger partial charge in [-0.05, 0) is 12.3 Å². The van der Waals surface area contributed by atoms with Crippen molar-refractivity contribution in [3.63, 3.8) is 0 Å². The lowest BCUT2D eigenvalue weighted by molar-refractivity contribution is -0.119. The number of fused-ring (bicyclic) bond motifs is 3. The summed E-state index contributed by atoms with van der Waals surface area (Å²) >= 11 is 0. The predicted molar refractivity (Wildman–Crippen MR) is 79.7 cm³/mol. The quantitative estimate of drug-likeness (QED) is 0.674. The smallest absolute Gasteiger partial charge is 0.305 e. The van der Waals surface area contributed by atoms with E-state index in [1.54, 1.807) is 0 Å². The molecule has 0 aliphatic rings. The molecule has 1 aromatic heterocycles. The molecule has 1 heterocycles. The molecule has 0 bridgehead atoms. The molecule has 0 saturated heterocycles. The highest BCUT2D eigenvalue weighted by molar-refractivity contribution is 6.08. The monoisotopic (exact) mass is 282 g/mol. The summed E-state index contributed by atoms with van der Waals surface area (Å²) in [5.41, 5.74) is 6.00. The van der Waals surface area contributed by atoms with Gasteiger partial charge in [-0.1, -0.05) is 36.4 Å². The van der Waals surface area contributed by atoms with Gasteiger partial charge in [0, 0.05) is 23.3 Å². The van der Waals surface area contributed by atoms with Gasteiger partial charge in [0.1, 0.15) is 5.58 Å². The fourth-order valence-corrected chi connectivity index (χ4v) is 2.37. The fourth-order valence-electron chi connectivity index (χ4n) is 2.37. The van der Waals surface area contributed by atoms with Gasteiger partial charge in [0.05, 0.1) is 0 Å². The van der Waals surface area contributed by atoms with Crippen LogP contribution in [0.1, 0.15) is 23.0 Å². The number of carbonyl (C=O) groups excluding carboxylic acids is 2. The van der Waals surface area contributed by atoms with Crippen LogP contribution in [0, 0.1) is 6.92 Å². The molecule has 21 heavy (non-hydrogen) atoms. The first-order valence-corrected chi connectivity index (χ1v) is 6.55. The molecule has 0 radical (unpaired) electrons. The third-order valence-corrected chi connectivity index (χ3v) is 3.39. The molecule has 0 saturated carbocycles. The first-order chi connectivity index (χ1) is 10.1. The minimum atomic E-state index is -0.469. The number of carbonyl (C=O) groups is 2. The third kappa shape index (κ3) is 2.23. The van der Waals surface area contributed by atoms with E-state index in [2.05, 4.69) is 10.9 Å². The van der Waals surface area contributed by atoms with Gasteiger partial charge >= 0.3 is 5.91 Å². The van der Waals surface area contributed by atoms with Crippen molar-refractivity contribution in [3.05, 3.63) is 47.7 Å². The molecule has 106 valence electrons. The Morgan fingerprint density at radius 1 is 1.00 bits per heavy atom. The molecule has 3 rings (SSSR count). The van der Waals surface area contributed by atoms with Crippen LogP contribution in [0.2, 0.25) is 0 Å². The van der Waals surface area contributed by atoms with E-state index in [-0.39, 0.29) is 11.7 Å². The predicted octanol–water partition coefficient (Wildman–Crippen LogP) is 2.68. The molecule has 0 unspecified atom stereocenters. The first-order valence-electron chi connectivity index (χ1n) is 6.55. The highest BCUT2D eigenvalue weighted by atomic mass is 16.3. The Balaban J connectivity index is 2.12. The second-order valence-corrected chi connectivity index (χ2v) is 4.85. The van der Waals surface area contributed by atoms with Gasteiger partial charge < -0.3 is 4.42 Å². The van der Waals surface area contributed by atoms with Crippen molar-refractivity contribution in [2.75, 3.05) is 0 Å². The Morgan fingerprint density at radius 3 is 2.52 bits per heavy atom. The van der Waals surface area contributed by atoms with Gasteiger partial charge in [-0.2, -0.15) is 0 Å². The van der Waals surface area contributed by atoms with E-state index in [1.165, 1.54) is 6.92 Å². The molecular weight excluding hydrogens is 268 g/mol. The van der Waals surface area contributed by atoms with Crippen molar-refractivity contribution in [2.24, 2.45) is 0 Å². The Hall–Kier alpha value is -2.82. The highest BCUT2D eigenvalue weighted by Crippen LogP contribution is 2.31. The average Bonchev–Trinajstić information content (AvgIpc) is 2.82. The normalized spacial score (nSPS) is 10.8. The van der Waals surface area contributed by atoms with Gasteiger partial charge in [0.25, 0.3) is 0 Å². The van der Waals surface area contributed by atoms with Crippen molar-refractivity contribution in [3.8, 4) is 0 Å². The van der Waals surface area contributed by atoms with Crippen LogP contribution in [-0.2, 0) is 4.79 Å². The zero-order chi connectivity index (χ0) is 15.0. The van der Waals surface area contributed by atoms with E-state index in [0.29, 0.717) is 5.58 Å². The van der Waals surface area contributed by atoms with Crippen molar-refractivity contribution in [1.82, 2.24) is 10.9 Å². The lowest BCUT2D eigenvalue weighted by atomic mass is 10.1. The second-order valence-electron chi connectivity index (χ2n) is 4.85. The minimum absolute atomic E-state index is 0.204. The zero-order valence-corrected chi connectivity index (χ0v) is 11.7. The summed E-state index contributed by atoms with van der Waals surface area (Å²) in [5.74, 6) is -0.611. The van der Waals surface area contributed by atoms with E-state index in [9.17, 15) is 9.59 Å². The van der Waals surface area contributed by atoms with Gasteiger partial charge in [0.15, 0.2) is 5.76 Å². The molecule has 2 amide bonds. The number of furan rings is 1. The van der Waals surface area contributed by atoms with Crippen LogP contribution >= 0.6 is 0 Å². The van der Waals surface area contributed by atoms with Gasteiger partial charge in [0.2, 0.25) is 5.91 Å². The summed E-state index contributed by atoms with van der Waals surface area (Å²) in [5, 5.41) is 2.89. The highest BCUT2D eigenvalue weighted by Gasteiger charge is 2.18. The van der Waals surface area contributed by atoms with Crippen LogP contribution < -0.4 is 10.9 Å². The summed E-state index contributed by atoms with van der Waals surface area (Å²) in [7, 11) is 0. The number of hydrogen-bond donors (Lipinski definition) is 2. The first kappa shape index (κ1) is 13.2. The van der Waals surface area contributed by atoms with E-state index >= 15 is 0 Å². The topological polar surface area (TPSA) is 71.3 Å². The zero-order valence-electron chi connectivity index (χ0n) is 11.7. The molecule has 0 atom stereocenters. The standard InChI is InChI=1S/C16H14N2O3/c1-9-12-8-7-11-5-3-4-6-13(11)15(12)21-14(9)16(20)18-17-10(2)19/h3-8H,1-2H3,(H,17,19)(H,18,20). The molecule has 5 heteroatoms.